The molecule has 1 aromatic heterocycles. The number of amides is 2. The summed E-state index contributed by atoms with van der Waals surface area (Å²) in [6, 6.07) is 1.66. The van der Waals surface area contributed by atoms with Crippen LogP contribution in [0.25, 0.3) is 0 Å². The Kier molecular flexibility index (Phi) is 4.57. The van der Waals surface area contributed by atoms with Gasteiger partial charge in [0, 0.05) is 5.38 Å². The van der Waals surface area contributed by atoms with Crippen LogP contribution in [0.2, 0.25) is 0 Å². The van der Waals surface area contributed by atoms with Gasteiger partial charge in [0.1, 0.15) is 0 Å². The molecule has 2 amide bonds. The average Bonchev–Trinajstić information content (AvgIpc) is 2.62. The predicted molar refractivity (Wildman–Crippen MR) is 59.6 cm³/mol. The molecule has 1 heterocycles. The van der Waals surface area contributed by atoms with Crippen molar-refractivity contribution in [2.24, 2.45) is 0 Å². The van der Waals surface area contributed by atoms with E-state index in [1.807, 2.05) is 0 Å². The highest BCUT2D eigenvalue weighted by Gasteiger charge is 2.08. The number of hydrogen-bond acceptors (Lipinski definition) is 4. The Balaban J connectivity index is 2.40. The number of nitrogens with one attached hydrogen (secondary N) is 2. The summed E-state index contributed by atoms with van der Waals surface area (Å²) < 4.78 is 5.41. The van der Waals surface area contributed by atoms with Crippen molar-refractivity contribution in [2.75, 3.05) is 6.61 Å². The van der Waals surface area contributed by atoms with Crippen molar-refractivity contribution < 1.29 is 14.3 Å². The van der Waals surface area contributed by atoms with Crippen LogP contribution >= 0.6 is 27.3 Å². The molecule has 0 unspecified atom stereocenters. The summed E-state index contributed by atoms with van der Waals surface area (Å²) in [5.74, 6) is -0.384. The molecule has 5 nitrogen and oxygen atoms in total. The zero-order chi connectivity index (χ0) is 11.3. The molecule has 0 saturated carbocycles. The first-order valence-corrected chi connectivity index (χ1v) is 5.78. The maximum absolute atomic E-state index is 11.4. The van der Waals surface area contributed by atoms with E-state index in [-0.39, 0.29) is 12.5 Å². The number of thiophene rings is 1. The Morgan fingerprint density at radius 3 is 2.80 bits per heavy atom. The second kappa shape index (κ2) is 5.72. The molecule has 0 aliphatic carbocycles. The van der Waals surface area contributed by atoms with Gasteiger partial charge >= 0.3 is 6.09 Å². The van der Waals surface area contributed by atoms with Gasteiger partial charge in [0.15, 0.2) is 0 Å². The second-order valence-electron chi connectivity index (χ2n) is 2.44. The molecule has 1 aromatic rings. The quantitative estimate of drug-likeness (QED) is 0.818. The first-order chi connectivity index (χ1) is 7.13. The fourth-order valence-corrected chi connectivity index (χ4v) is 1.91. The van der Waals surface area contributed by atoms with E-state index in [1.54, 1.807) is 18.4 Å². The predicted octanol–water partition coefficient (Wildman–Crippen LogP) is 1.90. The third-order valence-electron chi connectivity index (χ3n) is 1.38. The van der Waals surface area contributed by atoms with E-state index in [2.05, 4.69) is 31.5 Å². The maximum atomic E-state index is 11.4. The number of halogens is 1. The molecule has 0 atom stereocenters. The molecule has 0 fully saturated rings. The molecule has 0 aliphatic heterocycles. The van der Waals surface area contributed by atoms with Gasteiger partial charge < -0.3 is 4.74 Å². The van der Waals surface area contributed by atoms with Crippen LogP contribution in [0.3, 0.4) is 0 Å². The molecule has 15 heavy (non-hydrogen) atoms. The van der Waals surface area contributed by atoms with Crippen LogP contribution in [-0.4, -0.2) is 18.6 Å². The highest BCUT2D eigenvalue weighted by molar-refractivity contribution is 9.11. The van der Waals surface area contributed by atoms with Crippen LogP contribution in [0, 0.1) is 0 Å². The number of rotatable bonds is 2. The lowest BCUT2D eigenvalue weighted by Crippen LogP contribution is -2.41. The zero-order valence-electron chi connectivity index (χ0n) is 7.87. The minimum Gasteiger partial charge on any atom is -0.449 e. The lowest BCUT2D eigenvalue weighted by molar-refractivity contribution is 0.0913. The van der Waals surface area contributed by atoms with Crippen LogP contribution in [0.4, 0.5) is 4.79 Å². The molecule has 0 bridgehead atoms. The van der Waals surface area contributed by atoms with E-state index in [9.17, 15) is 9.59 Å². The summed E-state index contributed by atoms with van der Waals surface area (Å²) in [4.78, 5) is 22.2. The molecule has 0 aliphatic rings. The SMILES string of the molecule is CCOC(=O)NNC(=O)c1csc(Br)c1. The molecule has 0 aromatic carbocycles. The second-order valence-corrected chi connectivity index (χ2v) is 4.73. The van der Waals surface area contributed by atoms with E-state index in [0.717, 1.165) is 3.79 Å². The molecule has 0 radical (unpaired) electrons. The van der Waals surface area contributed by atoms with Crippen molar-refractivity contribution in [1.82, 2.24) is 10.9 Å². The third-order valence-corrected chi connectivity index (χ3v) is 2.89. The van der Waals surface area contributed by atoms with Crippen LogP contribution in [0.5, 0.6) is 0 Å². The largest absolute Gasteiger partial charge is 0.449 e. The molecular weight excluding hydrogens is 284 g/mol. The Morgan fingerprint density at radius 1 is 1.53 bits per heavy atom. The standard InChI is InChI=1S/C8H9BrN2O3S/c1-2-14-8(13)11-10-7(12)5-3-6(9)15-4-5/h3-4H,2H2,1H3,(H,10,12)(H,11,13). The number of hydrazine groups is 1. The molecule has 1 rings (SSSR count). The molecule has 82 valence electrons. The van der Waals surface area contributed by atoms with Gasteiger partial charge in [-0.15, -0.1) is 11.3 Å². The van der Waals surface area contributed by atoms with Gasteiger partial charge in [0.25, 0.3) is 5.91 Å². The number of carbonyl (C=O) groups is 2. The summed E-state index contributed by atoms with van der Waals surface area (Å²) in [6.07, 6.45) is -0.680. The zero-order valence-corrected chi connectivity index (χ0v) is 10.3. The van der Waals surface area contributed by atoms with Crippen molar-refractivity contribution in [3.63, 3.8) is 0 Å². The van der Waals surface area contributed by atoms with Crippen molar-refractivity contribution in [2.45, 2.75) is 6.92 Å². The fraction of sp³-hybridized carbons (Fsp3) is 0.250. The highest BCUT2D eigenvalue weighted by Crippen LogP contribution is 2.20. The number of ether oxygens (including phenoxy) is 1. The Bertz CT molecular complexity index is 367. The van der Waals surface area contributed by atoms with Crippen molar-refractivity contribution in [3.05, 3.63) is 20.8 Å². The monoisotopic (exact) mass is 292 g/mol. The van der Waals surface area contributed by atoms with Gasteiger partial charge in [0.05, 0.1) is 16.0 Å². The number of carbonyl (C=O) groups excluding carboxylic acids is 2. The average molecular weight is 293 g/mol. The fourth-order valence-electron chi connectivity index (χ4n) is 0.776. The molecule has 2 N–H and O–H groups in total. The van der Waals surface area contributed by atoms with Gasteiger partial charge in [-0.25, -0.2) is 10.2 Å². The Hall–Kier alpha value is -1.08. The topological polar surface area (TPSA) is 67.4 Å². The first-order valence-electron chi connectivity index (χ1n) is 4.10. The highest BCUT2D eigenvalue weighted by atomic mass is 79.9. The number of hydrogen-bond donors (Lipinski definition) is 2. The Labute approximate surface area is 98.9 Å². The van der Waals surface area contributed by atoms with Crippen molar-refractivity contribution in [3.8, 4) is 0 Å². The lowest BCUT2D eigenvalue weighted by atomic mass is 10.3. The molecular formula is C8H9BrN2O3S. The minimum atomic E-state index is -0.680. The van der Waals surface area contributed by atoms with Crippen LogP contribution in [0.1, 0.15) is 17.3 Å². The van der Waals surface area contributed by atoms with E-state index in [0.29, 0.717) is 5.56 Å². The van der Waals surface area contributed by atoms with Crippen LogP contribution < -0.4 is 10.9 Å². The molecule has 0 spiro atoms. The normalized spacial score (nSPS) is 9.47. The molecule has 7 heteroatoms. The van der Waals surface area contributed by atoms with Gasteiger partial charge in [-0.05, 0) is 28.9 Å². The van der Waals surface area contributed by atoms with E-state index >= 15 is 0 Å². The van der Waals surface area contributed by atoms with Gasteiger partial charge in [-0.1, -0.05) is 0 Å². The van der Waals surface area contributed by atoms with Gasteiger partial charge in [-0.3, -0.25) is 10.2 Å². The minimum absolute atomic E-state index is 0.256. The summed E-state index contributed by atoms with van der Waals surface area (Å²) in [7, 11) is 0. The van der Waals surface area contributed by atoms with Crippen molar-refractivity contribution >= 4 is 39.3 Å². The lowest BCUT2D eigenvalue weighted by Gasteiger charge is -2.05. The van der Waals surface area contributed by atoms with Crippen LogP contribution in [-0.2, 0) is 4.74 Å². The van der Waals surface area contributed by atoms with Gasteiger partial charge in [0.2, 0.25) is 0 Å². The molecule has 0 saturated heterocycles. The Morgan fingerprint density at radius 2 is 2.27 bits per heavy atom. The summed E-state index contributed by atoms with van der Waals surface area (Å²) in [5.41, 5.74) is 4.81. The van der Waals surface area contributed by atoms with Crippen LogP contribution in [0.15, 0.2) is 15.2 Å². The van der Waals surface area contributed by atoms with Crippen molar-refractivity contribution in [1.29, 1.82) is 0 Å². The summed E-state index contributed by atoms with van der Waals surface area (Å²) in [6.45, 7) is 1.93. The third kappa shape index (κ3) is 3.88. The van der Waals surface area contributed by atoms with E-state index < -0.39 is 6.09 Å². The van der Waals surface area contributed by atoms with E-state index in [4.69, 9.17) is 0 Å². The maximum Gasteiger partial charge on any atom is 0.426 e. The summed E-state index contributed by atoms with van der Waals surface area (Å²) >= 11 is 4.62. The van der Waals surface area contributed by atoms with Gasteiger partial charge in [-0.2, -0.15) is 0 Å². The van der Waals surface area contributed by atoms with E-state index in [1.165, 1.54) is 11.3 Å². The first kappa shape index (κ1) is 12.0. The summed E-state index contributed by atoms with van der Waals surface area (Å²) in [5, 5.41) is 1.67. The smallest absolute Gasteiger partial charge is 0.426 e.